The summed E-state index contributed by atoms with van der Waals surface area (Å²) < 4.78 is 32.2. The number of carbonyl (C=O) groups excluding carboxylic acids is 1. The summed E-state index contributed by atoms with van der Waals surface area (Å²) in [5.41, 5.74) is 5.99. The van der Waals surface area contributed by atoms with Gasteiger partial charge in [-0.1, -0.05) is 66.2 Å². The van der Waals surface area contributed by atoms with E-state index < -0.39 is 22.0 Å². The molecule has 0 aliphatic carbocycles. The van der Waals surface area contributed by atoms with Gasteiger partial charge in [0, 0.05) is 34.0 Å². The summed E-state index contributed by atoms with van der Waals surface area (Å²) in [6, 6.07) is 26.1. The van der Waals surface area contributed by atoms with E-state index in [9.17, 15) is 13.2 Å². The number of benzene rings is 4. The van der Waals surface area contributed by atoms with Crippen LogP contribution in [0.3, 0.4) is 0 Å². The first-order chi connectivity index (χ1) is 18.7. The van der Waals surface area contributed by atoms with Gasteiger partial charge in [0.15, 0.2) is 0 Å². The third kappa shape index (κ3) is 5.33. The largest absolute Gasteiger partial charge is 0.341 e. The number of nitrogens with zero attached hydrogens (tertiary/aromatic N) is 1. The van der Waals surface area contributed by atoms with Crippen molar-refractivity contribution in [2.75, 3.05) is 5.32 Å². The molecule has 0 aliphatic rings. The van der Waals surface area contributed by atoms with Crippen LogP contribution in [0.1, 0.15) is 29.2 Å². The van der Waals surface area contributed by atoms with Crippen molar-refractivity contribution in [3.8, 4) is 0 Å². The van der Waals surface area contributed by atoms with Crippen molar-refractivity contribution >= 4 is 43.4 Å². The summed E-state index contributed by atoms with van der Waals surface area (Å²) in [5, 5.41) is 5.13. The van der Waals surface area contributed by atoms with Crippen molar-refractivity contribution in [1.82, 2.24) is 9.29 Å². The van der Waals surface area contributed by atoms with Crippen LogP contribution in [0.25, 0.3) is 21.8 Å². The highest BCUT2D eigenvalue weighted by Gasteiger charge is 2.28. The fourth-order valence-corrected chi connectivity index (χ4v) is 7.22. The normalized spacial score (nSPS) is 12.6. The molecule has 1 heterocycles. The lowest BCUT2D eigenvalue weighted by atomic mass is 10.1. The van der Waals surface area contributed by atoms with Crippen LogP contribution in [0, 0.1) is 20.8 Å². The summed E-state index contributed by atoms with van der Waals surface area (Å²) in [4.78, 5) is 13.9. The minimum absolute atomic E-state index is 0.216. The Kier molecular flexibility index (Phi) is 7.30. The molecule has 0 radical (unpaired) electrons. The molecule has 0 bridgehead atoms. The molecular weight excluding hydrogens is 506 g/mol. The van der Waals surface area contributed by atoms with E-state index in [1.807, 2.05) is 79.7 Å². The molecule has 2 N–H and O–H groups in total. The number of aryl methyl sites for hydroxylation is 4. The Labute approximate surface area is 229 Å². The third-order valence-corrected chi connectivity index (χ3v) is 8.90. The van der Waals surface area contributed by atoms with Gasteiger partial charge in [0.2, 0.25) is 15.9 Å². The second-order valence-electron chi connectivity index (χ2n) is 10.1. The van der Waals surface area contributed by atoms with Crippen molar-refractivity contribution in [3.05, 3.63) is 107 Å². The van der Waals surface area contributed by atoms with Crippen molar-refractivity contribution in [1.29, 1.82) is 0 Å². The zero-order valence-corrected chi connectivity index (χ0v) is 23.5. The lowest BCUT2D eigenvalue weighted by Crippen LogP contribution is -2.45. The first-order valence-corrected chi connectivity index (χ1v) is 14.6. The fraction of sp³-hybridized carbons (Fsp3) is 0.219. The summed E-state index contributed by atoms with van der Waals surface area (Å²) in [5.74, 6) is -0.413. The topological polar surface area (TPSA) is 80.2 Å². The fourth-order valence-electron chi connectivity index (χ4n) is 5.58. The maximum Gasteiger partial charge on any atom is 0.242 e. The number of hydrogen-bond donors (Lipinski definition) is 2. The molecule has 0 aliphatic heterocycles. The summed E-state index contributed by atoms with van der Waals surface area (Å²) in [6.45, 7) is 8.43. The van der Waals surface area contributed by atoms with Crippen LogP contribution >= 0.6 is 0 Å². The van der Waals surface area contributed by atoms with E-state index >= 15 is 0 Å². The van der Waals surface area contributed by atoms with Crippen LogP contribution in [-0.4, -0.2) is 24.9 Å². The molecule has 1 unspecified atom stereocenters. The van der Waals surface area contributed by atoms with Gasteiger partial charge in [0.05, 0.1) is 4.90 Å². The first-order valence-electron chi connectivity index (χ1n) is 13.1. The lowest BCUT2D eigenvalue weighted by molar-refractivity contribution is -0.117. The molecule has 7 heteroatoms. The zero-order chi connectivity index (χ0) is 27.7. The molecule has 200 valence electrons. The maximum atomic E-state index is 13.7. The van der Waals surface area contributed by atoms with Gasteiger partial charge in [-0.2, -0.15) is 4.72 Å². The minimum atomic E-state index is -3.97. The molecule has 4 aromatic carbocycles. The number of rotatable bonds is 8. The molecule has 1 aromatic heterocycles. The van der Waals surface area contributed by atoms with Crippen molar-refractivity contribution in [2.24, 2.45) is 0 Å². The van der Waals surface area contributed by atoms with E-state index in [1.54, 1.807) is 13.8 Å². The SMILES string of the molecule is CCn1c2ccccc2c2cc(NC(=O)C(Cc3ccccc3)NS(=O)(=O)c3c(C)cc(C)cc3C)ccc21. The number of hydrogen-bond acceptors (Lipinski definition) is 3. The van der Waals surface area contributed by atoms with Gasteiger partial charge >= 0.3 is 0 Å². The van der Waals surface area contributed by atoms with Crippen LogP contribution in [0.15, 0.2) is 89.8 Å². The Balaban J connectivity index is 1.49. The van der Waals surface area contributed by atoms with Crippen molar-refractivity contribution < 1.29 is 13.2 Å². The van der Waals surface area contributed by atoms with Gasteiger partial charge < -0.3 is 9.88 Å². The number of anilines is 1. The number of amides is 1. The third-order valence-electron chi connectivity index (χ3n) is 7.13. The number of sulfonamides is 1. The van der Waals surface area contributed by atoms with Gasteiger partial charge in [-0.3, -0.25) is 4.79 Å². The van der Waals surface area contributed by atoms with Gasteiger partial charge in [0.25, 0.3) is 0 Å². The Bertz CT molecular complexity index is 1770. The Morgan fingerprint density at radius 3 is 2.15 bits per heavy atom. The van der Waals surface area contributed by atoms with E-state index in [2.05, 4.69) is 33.7 Å². The van der Waals surface area contributed by atoms with Gasteiger partial charge in [-0.05, 0) is 75.1 Å². The number of fused-ring (bicyclic) bond motifs is 3. The highest BCUT2D eigenvalue weighted by molar-refractivity contribution is 7.89. The van der Waals surface area contributed by atoms with Crippen LogP contribution in [0.2, 0.25) is 0 Å². The zero-order valence-electron chi connectivity index (χ0n) is 22.7. The molecule has 39 heavy (non-hydrogen) atoms. The molecule has 1 amide bonds. The Hall–Kier alpha value is -3.94. The second-order valence-corrected chi connectivity index (χ2v) is 11.7. The average Bonchev–Trinajstić information content (AvgIpc) is 3.21. The Morgan fingerprint density at radius 2 is 1.46 bits per heavy atom. The highest BCUT2D eigenvalue weighted by atomic mass is 32.2. The lowest BCUT2D eigenvalue weighted by Gasteiger charge is -2.21. The number of carbonyl (C=O) groups is 1. The summed E-state index contributed by atoms with van der Waals surface area (Å²) >= 11 is 0. The molecule has 1 atom stereocenters. The van der Waals surface area contributed by atoms with Crippen LogP contribution in [-0.2, 0) is 27.8 Å². The quantitative estimate of drug-likeness (QED) is 0.244. The predicted octanol–water partition coefficient (Wildman–Crippen LogP) is 6.27. The molecule has 0 saturated carbocycles. The number of nitrogens with one attached hydrogen (secondary N) is 2. The van der Waals surface area contributed by atoms with Gasteiger partial charge in [-0.15, -0.1) is 0 Å². The van der Waals surface area contributed by atoms with E-state index in [1.165, 1.54) is 0 Å². The van der Waals surface area contributed by atoms with Crippen molar-refractivity contribution in [3.63, 3.8) is 0 Å². The standard InChI is InChI=1S/C32H33N3O3S/c1-5-35-29-14-10-9-13-26(29)27-20-25(15-16-30(27)35)33-32(36)28(19-24-11-7-6-8-12-24)34-39(37,38)31-22(3)17-21(2)18-23(31)4/h6-18,20,28,34H,5,19H2,1-4H3,(H,33,36). The van der Waals surface area contributed by atoms with Crippen molar-refractivity contribution in [2.45, 2.75) is 51.6 Å². The Morgan fingerprint density at radius 1 is 0.821 bits per heavy atom. The van der Waals surface area contributed by atoms with Crippen LogP contribution in [0.4, 0.5) is 5.69 Å². The number of aromatic nitrogens is 1. The molecule has 0 spiro atoms. The monoisotopic (exact) mass is 539 g/mol. The minimum Gasteiger partial charge on any atom is -0.341 e. The molecular formula is C32H33N3O3S. The van der Waals surface area contributed by atoms with Crippen LogP contribution in [0.5, 0.6) is 0 Å². The first kappa shape index (κ1) is 26.7. The van der Waals surface area contributed by atoms with Crippen LogP contribution < -0.4 is 10.0 Å². The van der Waals surface area contributed by atoms with Gasteiger partial charge in [0.1, 0.15) is 6.04 Å². The van der Waals surface area contributed by atoms with E-state index in [0.717, 1.165) is 39.5 Å². The summed E-state index contributed by atoms with van der Waals surface area (Å²) in [6.07, 6.45) is 0.216. The maximum absolute atomic E-state index is 13.7. The van der Waals surface area contributed by atoms with Gasteiger partial charge in [-0.25, -0.2) is 8.42 Å². The molecule has 0 saturated heterocycles. The average molecular weight is 540 g/mol. The number of para-hydroxylation sites is 1. The smallest absolute Gasteiger partial charge is 0.242 e. The molecule has 6 nitrogen and oxygen atoms in total. The van der Waals surface area contributed by atoms with E-state index in [-0.39, 0.29) is 11.3 Å². The summed E-state index contributed by atoms with van der Waals surface area (Å²) in [7, 11) is -3.97. The second kappa shape index (κ2) is 10.7. The predicted molar refractivity (Wildman–Crippen MR) is 159 cm³/mol. The molecule has 5 aromatic rings. The molecule has 0 fully saturated rings. The van der Waals surface area contributed by atoms with E-state index in [4.69, 9.17) is 0 Å². The highest BCUT2D eigenvalue weighted by Crippen LogP contribution is 2.31. The van der Waals surface area contributed by atoms with E-state index in [0.29, 0.717) is 16.8 Å². The molecule has 5 rings (SSSR count).